The van der Waals surface area contributed by atoms with Crippen molar-refractivity contribution in [3.05, 3.63) is 5.82 Å². The largest absolute Gasteiger partial charge is 0.307 e. The van der Waals surface area contributed by atoms with Gasteiger partial charge in [0.1, 0.15) is 0 Å². The zero-order valence-corrected chi connectivity index (χ0v) is 12.7. The Kier molecular flexibility index (Phi) is 4.55. The van der Waals surface area contributed by atoms with Crippen molar-refractivity contribution in [2.24, 2.45) is 11.3 Å². The van der Waals surface area contributed by atoms with Gasteiger partial charge < -0.3 is 5.32 Å². The lowest BCUT2D eigenvalue weighted by Gasteiger charge is -2.24. The first-order chi connectivity index (χ1) is 9.00. The van der Waals surface area contributed by atoms with E-state index in [-0.39, 0.29) is 6.04 Å². The van der Waals surface area contributed by atoms with E-state index in [0.717, 1.165) is 18.9 Å². The highest BCUT2D eigenvalue weighted by Crippen LogP contribution is 2.39. The number of aromatic nitrogens is 4. The minimum Gasteiger partial charge on any atom is -0.307 e. The Hall–Kier alpha value is -0.970. The van der Waals surface area contributed by atoms with E-state index >= 15 is 0 Å². The fraction of sp³-hybridized carbons (Fsp3) is 0.929. The van der Waals surface area contributed by atoms with Gasteiger partial charge in [-0.05, 0) is 48.1 Å². The highest BCUT2D eigenvalue weighted by atomic mass is 15.5. The lowest BCUT2D eigenvalue weighted by Crippen LogP contribution is -2.28. The second-order valence-electron chi connectivity index (χ2n) is 6.74. The van der Waals surface area contributed by atoms with E-state index in [1.165, 1.54) is 25.7 Å². The van der Waals surface area contributed by atoms with Gasteiger partial charge in [0.2, 0.25) is 0 Å². The minimum atomic E-state index is 0.211. The number of nitrogens with one attached hydrogen (secondary N) is 1. The molecule has 1 N–H and O–H groups in total. The van der Waals surface area contributed by atoms with Crippen LogP contribution in [-0.2, 0) is 6.54 Å². The van der Waals surface area contributed by atoms with Crippen LogP contribution in [0.4, 0.5) is 0 Å². The van der Waals surface area contributed by atoms with Crippen LogP contribution >= 0.6 is 0 Å². The van der Waals surface area contributed by atoms with Crippen LogP contribution in [0.25, 0.3) is 0 Å². The van der Waals surface area contributed by atoms with Crippen LogP contribution in [0.15, 0.2) is 0 Å². The Morgan fingerprint density at radius 1 is 1.26 bits per heavy atom. The Labute approximate surface area is 116 Å². The Morgan fingerprint density at radius 2 is 1.95 bits per heavy atom. The summed E-state index contributed by atoms with van der Waals surface area (Å²) in [5, 5.41) is 15.8. The number of tetrazole rings is 1. The summed E-state index contributed by atoms with van der Waals surface area (Å²) in [4.78, 5) is 0. The molecule has 2 rings (SSSR count). The second-order valence-corrected chi connectivity index (χ2v) is 6.74. The van der Waals surface area contributed by atoms with Crippen LogP contribution in [0.1, 0.15) is 65.2 Å². The quantitative estimate of drug-likeness (QED) is 0.859. The molecule has 5 nitrogen and oxygen atoms in total. The van der Waals surface area contributed by atoms with Crippen molar-refractivity contribution in [1.82, 2.24) is 25.5 Å². The van der Waals surface area contributed by atoms with Gasteiger partial charge in [0.05, 0.1) is 12.6 Å². The lowest BCUT2D eigenvalue weighted by atomic mass is 9.89. The molecule has 0 bridgehead atoms. The highest BCUT2D eigenvalue weighted by molar-refractivity contribution is 4.92. The maximum absolute atomic E-state index is 4.21. The molecule has 0 amide bonds. The van der Waals surface area contributed by atoms with Crippen LogP contribution in [0.2, 0.25) is 0 Å². The fourth-order valence-corrected chi connectivity index (χ4v) is 2.89. The molecule has 1 aromatic heterocycles. The van der Waals surface area contributed by atoms with Crippen molar-refractivity contribution in [3.8, 4) is 0 Å². The molecule has 1 aliphatic rings. The molecule has 0 aliphatic heterocycles. The highest BCUT2D eigenvalue weighted by Gasteiger charge is 2.31. The predicted octanol–water partition coefficient (Wildman–Crippen LogP) is 2.56. The second kappa shape index (κ2) is 5.99. The molecule has 0 spiro atoms. The molecule has 1 heterocycles. The number of nitrogens with zero attached hydrogens (tertiary/aromatic N) is 4. The van der Waals surface area contributed by atoms with Crippen molar-refractivity contribution >= 4 is 0 Å². The van der Waals surface area contributed by atoms with Crippen molar-refractivity contribution in [2.45, 2.75) is 66.0 Å². The van der Waals surface area contributed by atoms with Crippen LogP contribution in [0.3, 0.4) is 0 Å². The third kappa shape index (κ3) is 3.75. The first kappa shape index (κ1) is 14.4. The van der Waals surface area contributed by atoms with Gasteiger partial charge in [-0.2, -0.15) is 0 Å². The SMILES string of the molecule is CC(C)CNC(C)c1nnnn1CC1(C)CCCC1. The van der Waals surface area contributed by atoms with Crippen LogP contribution < -0.4 is 5.32 Å². The number of hydrogen-bond acceptors (Lipinski definition) is 4. The maximum Gasteiger partial charge on any atom is 0.167 e. The molecule has 108 valence electrons. The summed E-state index contributed by atoms with van der Waals surface area (Å²) in [5.41, 5.74) is 0.377. The van der Waals surface area contributed by atoms with Crippen molar-refractivity contribution < 1.29 is 0 Å². The summed E-state index contributed by atoms with van der Waals surface area (Å²) in [7, 11) is 0. The van der Waals surface area contributed by atoms with Gasteiger partial charge in [0, 0.05) is 0 Å². The molecule has 0 aromatic carbocycles. The number of rotatable bonds is 6. The summed E-state index contributed by atoms with van der Waals surface area (Å²) >= 11 is 0. The molecule has 1 unspecified atom stereocenters. The summed E-state index contributed by atoms with van der Waals surface area (Å²) in [5.74, 6) is 1.60. The molecule has 1 aliphatic carbocycles. The summed E-state index contributed by atoms with van der Waals surface area (Å²) < 4.78 is 2.00. The van der Waals surface area contributed by atoms with Gasteiger partial charge in [0.15, 0.2) is 5.82 Å². The Bertz CT molecular complexity index is 392. The normalized spacial score (nSPS) is 20.1. The van der Waals surface area contributed by atoms with E-state index in [4.69, 9.17) is 0 Å². The van der Waals surface area contributed by atoms with E-state index in [9.17, 15) is 0 Å². The zero-order valence-electron chi connectivity index (χ0n) is 12.7. The molecule has 5 heteroatoms. The van der Waals surface area contributed by atoms with Gasteiger partial charge in [-0.1, -0.05) is 33.6 Å². The van der Waals surface area contributed by atoms with Crippen molar-refractivity contribution in [3.63, 3.8) is 0 Å². The summed E-state index contributed by atoms with van der Waals surface area (Å²) in [6.45, 7) is 10.9. The summed E-state index contributed by atoms with van der Waals surface area (Å²) in [6, 6.07) is 0.211. The molecule has 1 atom stereocenters. The van der Waals surface area contributed by atoms with Crippen LogP contribution in [-0.4, -0.2) is 26.8 Å². The van der Waals surface area contributed by atoms with Crippen LogP contribution in [0, 0.1) is 11.3 Å². The lowest BCUT2D eigenvalue weighted by molar-refractivity contribution is 0.257. The average Bonchev–Trinajstić information content (AvgIpc) is 2.96. The Morgan fingerprint density at radius 3 is 2.58 bits per heavy atom. The Balaban J connectivity index is 2.00. The maximum atomic E-state index is 4.21. The average molecular weight is 265 g/mol. The van der Waals surface area contributed by atoms with E-state index < -0.39 is 0 Å². The topological polar surface area (TPSA) is 55.6 Å². The molecular weight excluding hydrogens is 238 g/mol. The molecule has 19 heavy (non-hydrogen) atoms. The zero-order chi connectivity index (χ0) is 13.9. The van der Waals surface area contributed by atoms with E-state index in [2.05, 4.69) is 48.5 Å². The smallest absolute Gasteiger partial charge is 0.167 e. The van der Waals surface area contributed by atoms with Gasteiger partial charge in [0.25, 0.3) is 0 Å². The standard InChI is InChI=1S/C14H27N5/c1-11(2)9-15-12(3)13-16-17-18-19(13)10-14(4)7-5-6-8-14/h11-12,15H,5-10H2,1-4H3. The third-order valence-electron chi connectivity index (χ3n) is 4.12. The molecule has 1 fully saturated rings. The van der Waals surface area contributed by atoms with E-state index in [0.29, 0.717) is 11.3 Å². The van der Waals surface area contributed by atoms with E-state index in [1.54, 1.807) is 0 Å². The molecular formula is C14H27N5. The van der Waals surface area contributed by atoms with Crippen molar-refractivity contribution in [1.29, 1.82) is 0 Å². The molecule has 0 saturated heterocycles. The molecule has 0 radical (unpaired) electrons. The number of hydrogen-bond donors (Lipinski definition) is 1. The molecule has 1 saturated carbocycles. The monoisotopic (exact) mass is 265 g/mol. The van der Waals surface area contributed by atoms with Gasteiger partial charge in [-0.15, -0.1) is 5.10 Å². The third-order valence-corrected chi connectivity index (χ3v) is 4.12. The van der Waals surface area contributed by atoms with Gasteiger partial charge in [-0.3, -0.25) is 0 Å². The van der Waals surface area contributed by atoms with E-state index in [1.807, 2.05) is 4.68 Å². The first-order valence-corrected chi connectivity index (χ1v) is 7.50. The minimum absolute atomic E-state index is 0.211. The van der Waals surface area contributed by atoms with Gasteiger partial charge >= 0.3 is 0 Å². The molecule has 1 aromatic rings. The fourth-order valence-electron chi connectivity index (χ4n) is 2.89. The first-order valence-electron chi connectivity index (χ1n) is 7.50. The van der Waals surface area contributed by atoms with Gasteiger partial charge in [-0.25, -0.2) is 4.68 Å². The predicted molar refractivity (Wildman–Crippen MR) is 75.6 cm³/mol. The van der Waals surface area contributed by atoms with Crippen LogP contribution in [0.5, 0.6) is 0 Å². The van der Waals surface area contributed by atoms with Crippen molar-refractivity contribution in [2.75, 3.05) is 6.54 Å². The summed E-state index contributed by atoms with van der Waals surface area (Å²) in [6.07, 6.45) is 5.27.